The van der Waals surface area contributed by atoms with Crippen LogP contribution in [0.5, 0.6) is 5.75 Å². The first-order chi connectivity index (χ1) is 14.8. The molecule has 166 valence electrons. The summed E-state index contributed by atoms with van der Waals surface area (Å²) >= 11 is 1.43. The van der Waals surface area contributed by atoms with Gasteiger partial charge in [-0.25, -0.2) is 4.79 Å². The molecule has 0 aliphatic heterocycles. The van der Waals surface area contributed by atoms with Crippen molar-refractivity contribution in [3.8, 4) is 5.75 Å². The molecular formula is C22H26N2O6S. The summed E-state index contributed by atoms with van der Waals surface area (Å²) in [4.78, 5) is 36.7. The number of carbonyl (C=O) groups is 2. The van der Waals surface area contributed by atoms with Gasteiger partial charge in [0.15, 0.2) is 6.61 Å². The van der Waals surface area contributed by atoms with Crippen molar-refractivity contribution in [3.63, 3.8) is 0 Å². The fourth-order valence-electron chi connectivity index (χ4n) is 3.74. The maximum Gasteiger partial charge on any atom is 0.341 e. The summed E-state index contributed by atoms with van der Waals surface area (Å²) in [6.45, 7) is 5.50. The number of fused-ring (bicyclic) bond motifs is 1. The number of nitro groups is 1. The van der Waals surface area contributed by atoms with Crippen LogP contribution in [0.25, 0.3) is 0 Å². The number of hydrogen-bond acceptors (Lipinski definition) is 7. The topological polar surface area (TPSA) is 108 Å². The van der Waals surface area contributed by atoms with Gasteiger partial charge in [0.1, 0.15) is 10.8 Å². The molecule has 0 spiro atoms. The summed E-state index contributed by atoms with van der Waals surface area (Å²) in [5, 5.41) is 14.2. The van der Waals surface area contributed by atoms with Crippen LogP contribution in [0.4, 0.5) is 10.7 Å². The third kappa shape index (κ3) is 5.22. The maximum atomic E-state index is 12.6. The number of rotatable bonds is 8. The summed E-state index contributed by atoms with van der Waals surface area (Å²) in [6, 6.07) is 4.32. The van der Waals surface area contributed by atoms with E-state index in [-0.39, 0.29) is 18.9 Å². The average Bonchev–Trinajstić information content (AvgIpc) is 3.08. The number of nitro benzene ring substituents is 1. The monoisotopic (exact) mass is 446 g/mol. The zero-order valence-electron chi connectivity index (χ0n) is 17.9. The van der Waals surface area contributed by atoms with E-state index in [1.54, 1.807) is 13.8 Å². The number of aryl methyl sites for hydroxylation is 1. The van der Waals surface area contributed by atoms with Crippen LogP contribution in [0, 0.1) is 23.0 Å². The van der Waals surface area contributed by atoms with E-state index in [4.69, 9.17) is 9.47 Å². The third-order valence-electron chi connectivity index (χ3n) is 5.41. The summed E-state index contributed by atoms with van der Waals surface area (Å²) < 4.78 is 10.7. The second kappa shape index (κ2) is 9.91. The molecule has 0 unspecified atom stereocenters. The van der Waals surface area contributed by atoms with Crippen molar-refractivity contribution in [3.05, 3.63) is 49.9 Å². The van der Waals surface area contributed by atoms with Crippen molar-refractivity contribution in [2.45, 2.75) is 46.5 Å². The Bertz CT molecular complexity index is 1000. The molecule has 0 bridgehead atoms. The predicted octanol–water partition coefficient (Wildman–Crippen LogP) is 4.67. The second-order valence-electron chi connectivity index (χ2n) is 7.49. The van der Waals surface area contributed by atoms with E-state index in [1.165, 1.54) is 29.5 Å². The van der Waals surface area contributed by atoms with Gasteiger partial charge in [0.05, 0.1) is 17.1 Å². The van der Waals surface area contributed by atoms with Gasteiger partial charge in [0.25, 0.3) is 11.6 Å². The van der Waals surface area contributed by atoms with E-state index in [1.807, 2.05) is 0 Å². The highest BCUT2D eigenvalue weighted by Gasteiger charge is 2.29. The van der Waals surface area contributed by atoms with E-state index in [9.17, 15) is 19.7 Å². The number of thiophene rings is 1. The zero-order chi connectivity index (χ0) is 22.5. The third-order valence-corrected chi connectivity index (χ3v) is 6.58. The molecule has 8 nitrogen and oxygen atoms in total. The number of nitrogens with one attached hydrogen (secondary N) is 1. The highest BCUT2D eigenvalue weighted by Crippen LogP contribution is 2.40. The lowest BCUT2D eigenvalue weighted by molar-refractivity contribution is -0.385. The van der Waals surface area contributed by atoms with Gasteiger partial charge in [-0.2, -0.15) is 0 Å². The van der Waals surface area contributed by atoms with Crippen molar-refractivity contribution in [1.82, 2.24) is 0 Å². The van der Waals surface area contributed by atoms with Crippen LogP contribution in [0.1, 0.15) is 53.1 Å². The van der Waals surface area contributed by atoms with Crippen LogP contribution in [0.2, 0.25) is 0 Å². The lowest BCUT2D eigenvalue weighted by atomic mass is 9.85. The Morgan fingerprint density at radius 2 is 2.10 bits per heavy atom. The number of hydrogen-bond donors (Lipinski definition) is 1. The molecule has 9 heteroatoms. The van der Waals surface area contributed by atoms with Gasteiger partial charge in [-0.15, -0.1) is 11.3 Å². The Hall–Kier alpha value is -2.94. The number of amides is 1. The SMILES string of the molecule is CCOC(=O)c1c(NC(=O)COc2ccc([N+](=O)[O-])c(C)c2)sc2c1CC[C@@H](CC)C2. The molecule has 0 saturated heterocycles. The molecule has 0 saturated carbocycles. The Balaban J connectivity index is 1.73. The molecule has 1 atom stereocenters. The van der Waals surface area contributed by atoms with E-state index in [2.05, 4.69) is 12.2 Å². The molecule has 3 rings (SSSR count). The van der Waals surface area contributed by atoms with Crippen LogP contribution in [0.15, 0.2) is 18.2 Å². The van der Waals surface area contributed by atoms with E-state index in [0.29, 0.717) is 27.8 Å². The van der Waals surface area contributed by atoms with Gasteiger partial charge in [-0.05, 0) is 56.7 Å². The van der Waals surface area contributed by atoms with Crippen molar-refractivity contribution < 1.29 is 24.0 Å². The minimum absolute atomic E-state index is 0.00886. The van der Waals surface area contributed by atoms with Crippen molar-refractivity contribution in [2.75, 3.05) is 18.5 Å². The van der Waals surface area contributed by atoms with Crippen LogP contribution in [-0.2, 0) is 22.4 Å². The highest BCUT2D eigenvalue weighted by molar-refractivity contribution is 7.17. The van der Waals surface area contributed by atoms with Gasteiger partial charge in [0, 0.05) is 16.5 Å². The van der Waals surface area contributed by atoms with E-state index in [0.717, 1.165) is 36.1 Å². The minimum atomic E-state index is -0.468. The summed E-state index contributed by atoms with van der Waals surface area (Å²) in [5.74, 6) is 0.114. The number of anilines is 1. The summed E-state index contributed by atoms with van der Waals surface area (Å²) in [5.41, 5.74) is 1.88. The van der Waals surface area contributed by atoms with Gasteiger partial charge < -0.3 is 14.8 Å². The molecule has 1 N–H and O–H groups in total. The molecule has 1 heterocycles. The fraction of sp³-hybridized carbons (Fsp3) is 0.455. The Morgan fingerprint density at radius 3 is 2.74 bits per heavy atom. The van der Waals surface area contributed by atoms with Gasteiger partial charge in [-0.1, -0.05) is 13.3 Å². The largest absolute Gasteiger partial charge is 0.484 e. The smallest absolute Gasteiger partial charge is 0.341 e. The molecule has 1 aliphatic rings. The average molecular weight is 447 g/mol. The number of ether oxygens (including phenoxy) is 2. The molecule has 2 aromatic rings. The molecule has 1 aromatic heterocycles. The standard InChI is InChI=1S/C22H26N2O6S/c1-4-14-6-8-16-18(11-14)31-21(20(16)22(26)29-5-2)23-19(25)12-30-15-7-9-17(24(27)28)13(3)10-15/h7,9-10,14H,4-6,8,11-12H2,1-3H3,(H,23,25)/t14-/m1/s1. The molecule has 1 aliphatic carbocycles. The minimum Gasteiger partial charge on any atom is -0.484 e. The van der Waals surface area contributed by atoms with Crippen molar-refractivity contribution >= 4 is 33.9 Å². The van der Waals surface area contributed by atoms with Gasteiger partial charge >= 0.3 is 5.97 Å². The Morgan fingerprint density at radius 1 is 1.32 bits per heavy atom. The van der Waals surface area contributed by atoms with Crippen LogP contribution in [0.3, 0.4) is 0 Å². The van der Waals surface area contributed by atoms with Crippen LogP contribution in [-0.4, -0.2) is 30.0 Å². The van der Waals surface area contributed by atoms with Gasteiger partial charge in [-0.3, -0.25) is 14.9 Å². The van der Waals surface area contributed by atoms with Crippen LogP contribution < -0.4 is 10.1 Å². The maximum absolute atomic E-state index is 12.6. The molecule has 1 aromatic carbocycles. The van der Waals surface area contributed by atoms with Crippen molar-refractivity contribution in [1.29, 1.82) is 0 Å². The molecule has 0 radical (unpaired) electrons. The first kappa shape index (κ1) is 22.7. The normalized spacial score (nSPS) is 15.1. The quantitative estimate of drug-likeness (QED) is 0.359. The van der Waals surface area contributed by atoms with E-state index < -0.39 is 16.8 Å². The van der Waals surface area contributed by atoms with Crippen molar-refractivity contribution in [2.24, 2.45) is 5.92 Å². The summed E-state index contributed by atoms with van der Waals surface area (Å²) in [7, 11) is 0. The number of esters is 1. The van der Waals surface area contributed by atoms with Gasteiger partial charge in [0.2, 0.25) is 0 Å². The Kier molecular flexibility index (Phi) is 7.27. The lowest BCUT2D eigenvalue weighted by Gasteiger charge is -2.20. The number of benzene rings is 1. The predicted molar refractivity (Wildman–Crippen MR) is 118 cm³/mol. The molecular weight excluding hydrogens is 420 g/mol. The number of carbonyl (C=O) groups excluding carboxylic acids is 2. The molecule has 31 heavy (non-hydrogen) atoms. The first-order valence-corrected chi connectivity index (χ1v) is 11.1. The van der Waals surface area contributed by atoms with Crippen LogP contribution >= 0.6 is 11.3 Å². The Labute approximate surface area is 184 Å². The molecule has 0 fully saturated rings. The summed E-state index contributed by atoms with van der Waals surface area (Å²) in [6.07, 6.45) is 3.79. The fourth-order valence-corrected chi connectivity index (χ4v) is 5.11. The lowest BCUT2D eigenvalue weighted by Crippen LogP contribution is -2.21. The first-order valence-electron chi connectivity index (χ1n) is 10.3. The number of nitrogens with zero attached hydrogens (tertiary/aromatic N) is 1. The zero-order valence-corrected chi connectivity index (χ0v) is 18.7. The second-order valence-corrected chi connectivity index (χ2v) is 8.59. The highest BCUT2D eigenvalue weighted by atomic mass is 32.1. The molecule has 1 amide bonds. The van der Waals surface area contributed by atoms with E-state index >= 15 is 0 Å².